The van der Waals surface area contributed by atoms with E-state index in [-0.39, 0.29) is 35.8 Å². The highest BCUT2D eigenvalue weighted by Gasteiger charge is 2.49. The summed E-state index contributed by atoms with van der Waals surface area (Å²) in [6, 6.07) is 11.4. The van der Waals surface area contributed by atoms with Crippen LogP contribution in [0.25, 0.3) is 5.69 Å². The third-order valence-corrected chi connectivity index (χ3v) is 8.73. The van der Waals surface area contributed by atoms with E-state index in [4.69, 9.17) is 9.47 Å². The molecule has 0 aliphatic carbocycles. The molecule has 1 aliphatic rings. The number of methoxy groups -OCH3 is 1. The van der Waals surface area contributed by atoms with Gasteiger partial charge in [0.05, 0.1) is 19.3 Å². The third kappa shape index (κ3) is 4.86. The number of aliphatic hydroxyl groups excluding tert-OH is 1. The van der Waals surface area contributed by atoms with Crippen molar-refractivity contribution in [1.29, 1.82) is 0 Å². The average molecular weight is 432 g/mol. The molecule has 1 aromatic carbocycles. The minimum Gasteiger partial charge on any atom is -0.491 e. The molecule has 2 aromatic rings. The zero-order valence-corrected chi connectivity index (χ0v) is 19.2. The van der Waals surface area contributed by atoms with Crippen molar-refractivity contribution in [2.24, 2.45) is 5.92 Å². The van der Waals surface area contributed by atoms with Gasteiger partial charge in [-0.25, -0.2) is 0 Å². The molecule has 7 heteroatoms. The van der Waals surface area contributed by atoms with Gasteiger partial charge in [0.2, 0.25) is 0 Å². The van der Waals surface area contributed by atoms with Gasteiger partial charge in [-0.05, 0) is 68.1 Å². The Balaban J connectivity index is 1.68. The van der Waals surface area contributed by atoms with Crippen molar-refractivity contribution in [3.8, 4) is 11.4 Å². The SMILES string of the molecule is COc1cccn(-c2ccc(CC[C@H]3O[C@@H](CCO)[C@H]([Si](C)(C)O)[C@H]3C)cc2)c1=O. The van der Waals surface area contributed by atoms with Crippen molar-refractivity contribution in [1.82, 2.24) is 4.57 Å². The lowest BCUT2D eigenvalue weighted by molar-refractivity contribution is 0.0192. The fraction of sp³-hybridized carbons (Fsp3) is 0.522. The number of nitrogens with zero attached hydrogens (tertiary/aromatic N) is 1. The minimum atomic E-state index is -2.37. The molecule has 164 valence electrons. The molecule has 1 aliphatic heterocycles. The highest BCUT2D eigenvalue weighted by Crippen LogP contribution is 2.45. The summed E-state index contributed by atoms with van der Waals surface area (Å²) in [4.78, 5) is 23.1. The van der Waals surface area contributed by atoms with E-state index in [9.17, 15) is 14.7 Å². The maximum Gasteiger partial charge on any atom is 0.297 e. The van der Waals surface area contributed by atoms with Gasteiger partial charge < -0.3 is 19.4 Å². The van der Waals surface area contributed by atoms with Crippen molar-refractivity contribution in [3.63, 3.8) is 0 Å². The lowest BCUT2D eigenvalue weighted by atomic mass is 9.95. The standard InChI is InChI=1S/C23H33NO5Si/c1-16-19(29-20(13-15-25)22(16)30(3,4)27)12-9-17-7-10-18(11-8-17)24-14-5-6-21(28-2)23(24)26/h5-8,10-11,14,16,19-20,22,25,27H,9,12-13,15H2,1-4H3/t16-,19+,20-,22+/m0/s1. The number of hydrogen-bond acceptors (Lipinski definition) is 5. The molecule has 0 unspecified atom stereocenters. The first-order valence-electron chi connectivity index (χ1n) is 10.6. The summed E-state index contributed by atoms with van der Waals surface area (Å²) in [6.07, 6.45) is 4.04. The summed E-state index contributed by atoms with van der Waals surface area (Å²) in [6.45, 7) is 6.17. The Morgan fingerprint density at radius 1 is 1.13 bits per heavy atom. The van der Waals surface area contributed by atoms with Crippen LogP contribution in [0.3, 0.4) is 0 Å². The maximum absolute atomic E-state index is 12.4. The molecule has 4 atom stereocenters. The molecule has 2 heterocycles. The van der Waals surface area contributed by atoms with Crippen LogP contribution in [-0.2, 0) is 11.2 Å². The van der Waals surface area contributed by atoms with Gasteiger partial charge in [0, 0.05) is 24.0 Å². The lowest BCUT2D eigenvalue weighted by Gasteiger charge is -2.30. The van der Waals surface area contributed by atoms with Gasteiger partial charge in [0.15, 0.2) is 14.1 Å². The minimum absolute atomic E-state index is 0.0658. The number of pyridine rings is 1. The van der Waals surface area contributed by atoms with E-state index in [1.165, 1.54) is 12.7 Å². The number of aryl methyl sites for hydroxylation is 1. The number of ether oxygens (including phenoxy) is 2. The monoisotopic (exact) mass is 431 g/mol. The second kappa shape index (κ2) is 9.47. The molecule has 1 saturated heterocycles. The Bertz CT molecular complexity index is 890. The molecule has 6 nitrogen and oxygen atoms in total. The van der Waals surface area contributed by atoms with Crippen LogP contribution in [0, 0.1) is 5.92 Å². The molecule has 1 fully saturated rings. The summed E-state index contributed by atoms with van der Waals surface area (Å²) in [5.41, 5.74) is 1.92. The van der Waals surface area contributed by atoms with Gasteiger partial charge in [-0.3, -0.25) is 9.36 Å². The highest BCUT2D eigenvalue weighted by molar-refractivity contribution is 6.71. The van der Waals surface area contributed by atoms with Crippen molar-refractivity contribution in [2.75, 3.05) is 13.7 Å². The zero-order chi connectivity index (χ0) is 21.9. The first-order valence-corrected chi connectivity index (χ1v) is 13.6. The molecule has 2 N–H and O–H groups in total. The van der Waals surface area contributed by atoms with E-state index in [0.717, 1.165) is 18.5 Å². The quantitative estimate of drug-likeness (QED) is 0.628. The van der Waals surface area contributed by atoms with Gasteiger partial charge in [-0.1, -0.05) is 19.1 Å². The molecular weight excluding hydrogens is 398 g/mol. The molecule has 30 heavy (non-hydrogen) atoms. The predicted octanol–water partition coefficient (Wildman–Crippen LogP) is 3.13. The molecule has 0 radical (unpaired) electrons. The van der Waals surface area contributed by atoms with E-state index in [1.54, 1.807) is 22.9 Å². The van der Waals surface area contributed by atoms with Gasteiger partial charge in [0.1, 0.15) is 0 Å². The van der Waals surface area contributed by atoms with Crippen LogP contribution < -0.4 is 10.3 Å². The van der Waals surface area contributed by atoms with Crippen LogP contribution in [-0.4, -0.2) is 48.7 Å². The Kier molecular flexibility index (Phi) is 7.18. The van der Waals surface area contributed by atoms with Crippen molar-refractivity contribution >= 4 is 8.32 Å². The predicted molar refractivity (Wildman–Crippen MR) is 120 cm³/mol. The van der Waals surface area contributed by atoms with Crippen molar-refractivity contribution in [3.05, 3.63) is 58.5 Å². The Morgan fingerprint density at radius 3 is 2.43 bits per heavy atom. The number of rotatable bonds is 8. The fourth-order valence-corrected chi connectivity index (χ4v) is 7.43. The number of aliphatic hydroxyl groups is 1. The molecular formula is C23H33NO5Si. The van der Waals surface area contributed by atoms with Gasteiger partial charge in [-0.15, -0.1) is 0 Å². The van der Waals surface area contributed by atoms with E-state index in [0.29, 0.717) is 12.2 Å². The van der Waals surface area contributed by atoms with Gasteiger partial charge in [0.25, 0.3) is 5.56 Å². The molecule has 0 bridgehead atoms. The molecule has 1 aromatic heterocycles. The summed E-state index contributed by atoms with van der Waals surface area (Å²) in [5.74, 6) is 0.583. The maximum atomic E-state index is 12.4. The summed E-state index contributed by atoms with van der Waals surface area (Å²) in [5, 5.41) is 9.38. The molecule has 0 spiro atoms. The summed E-state index contributed by atoms with van der Waals surface area (Å²) < 4.78 is 13.0. The Hall–Kier alpha value is -1.93. The van der Waals surface area contributed by atoms with E-state index >= 15 is 0 Å². The largest absolute Gasteiger partial charge is 0.491 e. The zero-order valence-electron chi connectivity index (χ0n) is 18.2. The number of aromatic nitrogens is 1. The number of hydrogen-bond donors (Lipinski definition) is 2. The summed E-state index contributed by atoms with van der Waals surface area (Å²) in [7, 11) is -0.882. The van der Waals surface area contributed by atoms with Crippen LogP contribution in [0.15, 0.2) is 47.4 Å². The highest BCUT2D eigenvalue weighted by atomic mass is 28.4. The lowest BCUT2D eigenvalue weighted by Crippen LogP contribution is -2.40. The van der Waals surface area contributed by atoms with Crippen LogP contribution >= 0.6 is 0 Å². The number of benzene rings is 1. The summed E-state index contributed by atoms with van der Waals surface area (Å²) >= 11 is 0. The molecule has 0 saturated carbocycles. The van der Waals surface area contributed by atoms with E-state index in [1.807, 2.05) is 37.4 Å². The third-order valence-electron chi connectivity index (χ3n) is 6.20. The van der Waals surface area contributed by atoms with Gasteiger partial charge >= 0.3 is 0 Å². The Morgan fingerprint density at radius 2 is 1.83 bits per heavy atom. The van der Waals surface area contributed by atoms with Crippen LogP contribution in [0.4, 0.5) is 0 Å². The average Bonchev–Trinajstić information content (AvgIpc) is 3.03. The van der Waals surface area contributed by atoms with Crippen LogP contribution in [0.5, 0.6) is 5.75 Å². The Labute approximate surface area is 179 Å². The van der Waals surface area contributed by atoms with E-state index < -0.39 is 8.32 Å². The molecule has 0 amide bonds. The van der Waals surface area contributed by atoms with Crippen LogP contribution in [0.2, 0.25) is 18.6 Å². The van der Waals surface area contributed by atoms with E-state index in [2.05, 4.69) is 6.92 Å². The van der Waals surface area contributed by atoms with Crippen molar-refractivity contribution < 1.29 is 19.4 Å². The topological polar surface area (TPSA) is 80.9 Å². The molecule has 3 rings (SSSR count). The second-order valence-corrected chi connectivity index (χ2v) is 12.7. The normalized spacial score (nSPS) is 24.2. The van der Waals surface area contributed by atoms with Crippen molar-refractivity contribution in [2.45, 2.75) is 57.0 Å². The smallest absolute Gasteiger partial charge is 0.297 e. The first kappa shape index (κ1) is 22.7. The van der Waals surface area contributed by atoms with Gasteiger partial charge in [-0.2, -0.15) is 0 Å². The fourth-order valence-electron chi connectivity index (χ4n) is 4.77. The second-order valence-electron chi connectivity index (χ2n) is 8.72. The van der Waals surface area contributed by atoms with Crippen LogP contribution in [0.1, 0.15) is 25.3 Å². The first-order chi connectivity index (χ1) is 14.3.